The highest BCUT2D eigenvalue weighted by atomic mass is 32.1. The normalized spacial score (nSPS) is 14.7. The number of hydrogen-bond acceptors (Lipinski definition) is 3. The molecule has 7 heteroatoms. The van der Waals surface area contributed by atoms with Crippen molar-refractivity contribution < 1.29 is 22.7 Å². The Labute approximate surface area is 187 Å². The molecular formula is C24H30F3NO2S. The summed E-state index contributed by atoms with van der Waals surface area (Å²) in [7, 11) is 0. The van der Waals surface area contributed by atoms with Crippen molar-refractivity contribution in [3.05, 3.63) is 53.6 Å². The number of nitrogens with two attached hydrogens (primary N) is 1. The Morgan fingerprint density at radius 1 is 1.06 bits per heavy atom. The Hall–Kier alpha value is -2.15. The van der Waals surface area contributed by atoms with Crippen LogP contribution >= 0.6 is 12.6 Å². The van der Waals surface area contributed by atoms with E-state index in [0.29, 0.717) is 22.4 Å². The van der Waals surface area contributed by atoms with Crippen LogP contribution in [0, 0.1) is 0 Å². The van der Waals surface area contributed by atoms with Crippen molar-refractivity contribution >= 4 is 18.5 Å². The van der Waals surface area contributed by atoms with Gasteiger partial charge in [-0.05, 0) is 74.6 Å². The van der Waals surface area contributed by atoms with Crippen LogP contribution in [0.25, 0.3) is 11.1 Å². The summed E-state index contributed by atoms with van der Waals surface area (Å²) < 4.78 is 45.6. The van der Waals surface area contributed by atoms with Gasteiger partial charge in [0.1, 0.15) is 5.75 Å². The van der Waals surface area contributed by atoms with Crippen molar-refractivity contribution in [2.24, 2.45) is 5.73 Å². The number of hydrogen-bond donors (Lipinski definition) is 2. The number of thiol groups is 1. The van der Waals surface area contributed by atoms with Gasteiger partial charge in [-0.3, -0.25) is 4.79 Å². The van der Waals surface area contributed by atoms with Crippen LogP contribution in [0.15, 0.2) is 42.5 Å². The number of primary amides is 1. The molecule has 1 aliphatic rings. The first-order chi connectivity index (χ1) is 14.6. The van der Waals surface area contributed by atoms with Crippen LogP contribution in [-0.2, 0) is 16.6 Å². The molecular weight excluding hydrogens is 423 g/mol. The summed E-state index contributed by atoms with van der Waals surface area (Å²) in [4.78, 5) is 11.9. The molecule has 2 aromatic carbocycles. The molecule has 170 valence electrons. The fourth-order valence-corrected chi connectivity index (χ4v) is 3.71. The van der Waals surface area contributed by atoms with E-state index in [2.05, 4.69) is 12.6 Å². The zero-order chi connectivity index (χ0) is 23.2. The lowest BCUT2D eigenvalue weighted by molar-refractivity contribution is -0.127. The molecule has 1 saturated carbocycles. The lowest BCUT2D eigenvalue weighted by Gasteiger charge is -2.25. The molecule has 3 nitrogen and oxygen atoms in total. The van der Waals surface area contributed by atoms with E-state index in [1.165, 1.54) is 6.07 Å². The first-order valence-electron chi connectivity index (χ1n) is 10.3. The van der Waals surface area contributed by atoms with Gasteiger partial charge in [0.05, 0.1) is 17.9 Å². The number of carbonyl (C=O) groups excluding carboxylic acids is 1. The van der Waals surface area contributed by atoms with Crippen LogP contribution in [0.5, 0.6) is 5.75 Å². The number of carbonyl (C=O) groups is 1. The first-order valence-corrected chi connectivity index (χ1v) is 11.2. The second-order valence-electron chi connectivity index (χ2n) is 8.17. The SMILES string of the molecule is CC(C)(C(N)=O)c1ccc(OC2CCCC2)c(-c2ccccc2CC(F)(F)F)c1.CS. The number of rotatable bonds is 6. The minimum Gasteiger partial charge on any atom is -0.490 e. The lowest BCUT2D eigenvalue weighted by Crippen LogP contribution is -2.35. The molecule has 1 fully saturated rings. The standard InChI is InChI=1S/C23H26F3NO2.CH4S/c1-22(2,21(27)28)16-11-12-20(29-17-8-4-5-9-17)19(13-16)18-10-6-3-7-15(18)14-23(24,25)26;1-2/h3,6-7,10-13,17H,4-5,8-9,14H2,1-2H3,(H2,27,28);2H,1H3. The monoisotopic (exact) mass is 453 g/mol. The Kier molecular flexibility index (Phi) is 8.46. The van der Waals surface area contributed by atoms with Crippen LogP contribution in [0.1, 0.15) is 50.7 Å². The summed E-state index contributed by atoms with van der Waals surface area (Å²) in [6.45, 7) is 3.40. The number of halogens is 3. The van der Waals surface area contributed by atoms with E-state index in [1.807, 2.05) is 0 Å². The fraction of sp³-hybridized carbons (Fsp3) is 0.458. The molecule has 31 heavy (non-hydrogen) atoms. The van der Waals surface area contributed by atoms with Crippen molar-refractivity contribution in [3.8, 4) is 16.9 Å². The van der Waals surface area contributed by atoms with Crippen molar-refractivity contribution in [2.45, 2.75) is 63.6 Å². The zero-order valence-electron chi connectivity index (χ0n) is 18.1. The van der Waals surface area contributed by atoms with Gasteiger partial charge in [-0.1, -0.05) is 30.3 Å². The van der Waals surface area contributed by atoms with Gasteiger partial charge in [-0.25, -0.2) is 0 Å². The van der Waals surface area contributed by atoms with Crippen LogP contribution in [0.2, 0.25) is 0 Å². The molecule has 0 unspecified atom stereocenters. The van der Waals surface area contributed by atoms with Crippen molar-refractivity contribution in [1.82, 2.24) is 0 Å². The summed E-state index contributed by atoms with van der Waals surface area (Å²) in [5.41, 5.74) is 6.42. The molecule has 0 aliphatic heterocycles. The van der Waals surface area contributed by atoms with E-state index in [1.54, 1.807) is 56.5 Å². The van der Waals surface area contributed by atoms with Crippen LogP contribution in [0.4, 0.5) is 13.2 Å². The van der Waals surface area contributed by atoms with Gasteiger partial charge in [0.2, 0.25) is 5.91 Å². The quantitative estimate of drug-likeness (QED) is 0.520. The van der Waals surface area contributed by atoms with E-state index in [0.717, 1.165) is 25.7 Å². The minimum absolute atomic E-state index is 0.0542. The molecule has 1 aliphatic carbocycles. The molecule has 0 atom stereocenters. The third kappa shape index (κ3) is 6.42. The van der Waals surface area contributed by atoms with Gasteiger partial charge >= 0.3 is 6.18 Å². The van der Waals surface area contributed by atoms with Gasteiger partial charge in [-0.15, -0.1) is 0 Å². The second kappa shape index (κ2) is 10.4. The Morgan fingerprint density at radius 3 is 2.26 bits per heavy atom. The van der Waals surface area contributed by atoms with E-state index in [-0.39, 0.29) is 11.7 Å². The zero-order valence-corrected chi connectivity index (χ0v) is 19.0. The van der Waals surface area contributed by atoms with Crippen LogP contribution in [0.3, 0.4) is 0 Å². The molecule has 2 N–H and O–H groups in total. The van der Waals surface area contributed by atoms with Crippen molar-refractivity contribution in [2.75, 3.05) is 6.26 Å². The van der Waals surface area contributed by atoms with Crippen LogP contribution in [-0.4, -0.2) is 24.4 Å². The molecule has 3 rings (SSSR count). The first kappa shape index (κ1) is 25.1. The molecule has 0 spiro atoms. The topological polar surface area (TPSA) is 52.3 Å². The molecule has 1 amide bonds. The predicted molar refractivity (Wildman–Crippen MR) is 122 cm³/mol. The van der Waals surface area contributed by atoms with Gasteiger partial charge in [-0.2, -0.15) is 25.8 Å². The number of benzene rings is 2. The Morgan fingerprint density at radius 2 is 1.68 bits per heavy atom. The summed E-state index contributed by atoms with van der Waals surface area (Å²) in [5.74, 6) is 0.0343. The van der Waals surface area contributed by atoms with E-state index < -0.39 is 23.9 Å². The highest BCUT2D eigenvalue weighted by Crippen LogP contribution is 2.39. The van der Waals surface area contributed by atoms with Gasteiger partial charge in [0, 0.05) is 5.56 Å². The summed E-state index contributed by atoms with van der Waals surface area (Å²) in [6.07, 6.45) is 0.409. The molecule has 0 saturated heterocycles. The van der Waals surface area contributed by atoms with E-state index in [9.17, 15) is 18.0 Å². The van der Waals surface area contributed by atoms with Gasteiger partial charge in [0.25, 0.3) is 0 Å². The second-order valence-corrected chi connectivity index (χ2v) is 8.17. The highest BCUT2D eigenvalue weighted by molar-refractivity contribution is 7.79. The third-order valence-corrected chi connectivity index (χ3v) is 5.61. The molecule has 0 bridgehead atoms. The molecule has 0 radical (unpaired) electrons. The van der Waals surface area contributed by atoms with E-state index in [4.69, 9.17) is 10.5 Å². The summed E-state index contributed by atoms with van der Waals surface area (Å²) in [6, 6.07) is 11.7. The summed E-state index contributed by atoms with van der Waals surface area (Å²) >= 11 is 3.53. The number of ether oxygens (including phenoxy) is 1. The maximum atomic E-state index is 13.1. The molecule has 2 aromatic rings. The fourth-order valence-electron chi connectivity index (χ4n) is 3.71. The maximum Gasteiger partial charge on any atom is 0.393 e. The minimum atomic E-state index is -4.33. The predicted octanol–water partition coefficient (Wildman–Crippen LogP) is 6.09. The van der Waals surface area contributed by atoms with Crippen LogP contribution < -0.4 is 10.5 Å². The molecule has 0 heterocycles. The third-order valence-electron chi connectivity index (χ3n) is 5.61. The molecule has 0 aromatic heterocycles. The highest BCUT2D eigenvalue weighted by Gasteiger charge is 2.31. The smallest absolute Gasteiger partial charge is 0.393 e. The number of amides is 1. The van der Waals surface area contributed by atoms with Crippen molar-refractivity contribution in [1.29, 1.82) is 0 Å². The lowest BCUT2D eigenvalue weighted by atomic mass is 9.82. The Bertz CT molecular complexity index is 891. The largest absolute Gasteiger partial charge is 0.490 e. The Balaban J connectivity index is 0.00000166. The summed E-state index contributed by atoms with van der Waals surface area (Å²) in [5, 5.41) is 0. The average molecular weight is 454 g/mol. The number of alkyl halides is 3. The van der Waals surface area contributed by atoms with Gasteiger partial charge < -0.3 is 10.5 Å². The maximum absolute atomic E-state index is 13.1. The van der Waals surface area contributed by atoms with E-state index >= 15 is 0 Å². The average Bonchev–Trinajstić information content (AvgIpc) is 3.22. The van der Waals surface area contributed by atoms with Crippen molar-refractivity contribution in [3.63, 3.8) is 0 Å². The van der Waals surface area contributed by atoms with Gasteiger partial charge in [0.15, 0.2) is 0 Å².